The minimum Gasteiger partial charge on any atom is -0.296 e. The quantitative estimate of drug-likeness (QED) is 0.798. The second-order valence-corrected chi connectivity index (χ2v) is 5.49. The fourth-order valence-electron chi connectivity index (χ4n) is 2.83. The molecule has 7 heteroatoms. The summed E-state index contributed by atoms with van der Waals surface area (Å²) in [6.07, 6.45) is 5.00. The van der Waals surface area contributed by atoms with Gasteiger partial charge in [-0.2, -0.15) is 5.10 Å². The van der Waals surface area contributed by atoms with Gasteiger partial charge in [0, 0.05) is 37.8 Å². The number of nitrogens with zero attached hydrogens (tertiary/aromatic N) is 5. The van der Waals surface area contributed by atoms with Crippen LogP contribution in [0.2, 0.25) is 0 Å². The molecule has 0 radical (unpaired) electrons. The molecule has 21 heavy (non-hydrogen) atoms. The Bertz CT molecular complexity index is 784. The van der Waals surface area contributed by atoms with Crippen LogP contribution in [0.25, 0.3) is 0 Å². The van der Waals surface area contributed by atoms with Crippen molar-refractivity contribution < 1.29 is 0 Å². The fourth-order valence-corrected chi connectivity index (χ4v) is 2.83. The lowest BCUT2D eigenvalue weighted by Crippen LogP contribution is -2.33. The van der Waals surface area contributed by atoms with Gasteiger partial charge in [-0.05, 0) is 26.2 Å². The van der Waals surface area contributed by atoms with Crippen LogP contribution in [-0.4, -0.2) is 23.9 Å². The minimum atomic E-state index is -0.168. The van der Waals surface area contributed by atoms with Gasteiger partial charge in [0.15, 0.2) is 0 Å². The summed E-state index contributed by atoms with van der Waals surface area (Å²) in [4.78, 5) is 28.9. The lowest BCUT2D eigenvalue weighted by molar-refractivity contribution is 0.487. The maximum absolute atomic E-state index is 12.6. The third-order valence-electron chi connectivity index (χ3n) is 4.07. The van der Waals surface area contributed by atoms with Gasteiger partial charge in [-0.15, -0.1) is 0 Å². The van der Waals surface area contributed by atoms with Crippen molar-refractivity contribution in [2.24, 2.45) is 7.05 Å². The standard InChI is InChI=1S/C14H19N5O2/c1-10-11(6-8-18-9-15-17(2)14(18)21)13(20)19-7-4-3-5-12(19)16-10/h9H,3-8H2,1-2H3. The van der Waals surface area contributed by atoms with E-state index in [0.29, 0.717) is 18.5 Å². The van der Waals surface area contributed by atoms with Crippen LogP contribution in [0.15, 0.2) is 15.9 Å². The Morgan fingerprint density at radius 1 is 1.29 bits per heavy atom. The number of fused-ring (bicyclic) bond motifs is 1. The van der Waals surface area contributed by atoms with Crippen molar-refractivity contribution in [3.8, 4) is 0 Å². The molecule has 0 N–H and O–H groups in total. The molecule has 0 amide bonds. The van der Waals surface area contributed by atoms with Gasteiger partial charge >= 0.3 is 5.69 Å². The molecule has 0 bridgehead atoms. The summed E-state index contributed by atoms with van der Waals surface area (Å²) in [6, 6.07) is 0. The molecule has 2 aromatic heterocycles. The first kappa shape index (κ1) is 13.8. The van der Waals surface area contributed by atoms with E-state index in [4.69, 9.17) is 0 Å². The molecule has 1 aliphatic heterocycles. The number of hydrogen-bond acceptors (Lipinski definition) is 4. The van der Waals surface area contributed by atoms with E-state index in [1.165, 1.54) is 15.6 Å². The molecule has 3 rings (SSSR count). The molecule has 112 valence electrons. The van der Waals surface area contributed by atoms with Crippen molar-refractivity contribution in [3.63, 3.8) is 0 Å². The molecule has 2 aromatic rings. The Labute approximate surface area is 121 Å². The highest BCUT2D eigenvalue weighted by molar-refractivity contribution is 5.18. The molecule has 0 saturated carbocycles. The van der Waals surface area contributed by atoms with Crippen LogP contribution in [-0.2, 0) is 33.0 Å². The van der Waals surface area contributed by atoms with E-state index in [1.54, 1.807) is 11.6 Å². The first-order chi connectivity index (χ1) is 10.1. The van der Waals surface area contributed by atoms with Crippen molar-refractivity contribution in [2.75, 3.05) is 0 Å². The Hall–Kier alpha value is -2.18. The van der Waals surface area contributed by atoms with E-state index in [9.17, 15) is 9.59 Å². The molecule has 3 heterocycles. The summed E-state index contributed by atoms with van der Waals surface area (Å²) in [5.41, 5.74) is 1.37. The molecule has 0 aromatic carbocycles. The molecule has 0 atom stereocenters. The van der Waals surface area contributed by atoms with Crippen LogP contribution in [0.3, 0.4) is 0 Å². The van der Waals surface area contributed by atoms with E-state index >= 15 is 0 Å². The van der Waals surface area contributed by atoms with Gasteiger partial charge in [-0.1, -0.05) is 0 Å². The summed E-state index contributed by atoms with van der Waals surface area (Å²) >= 11 is 0. The normalized spacial score (nSPS) is 14.2. The Balaban J connectivity index is 1.91. The summed E-state index contributed by atoms with van der Waals surface area (Å²) in [5.74, 6) is 0.894. The average Bonchev–Trinajstić information content (AvgIpc) is 2.79. The maximum Gasteiger partial charge on any atom is 0.345 e. The lowest BCUT2D eigenvalue weighted by Gasteiger charge is -2.19. The maximum atomic E-state index is 12.6. The number of aromatic nitrogens is 5. The van der Waals surface area contributed by atoms with Crippen molar-refractivity contribution in [2.45, 2.75) is 45.7 Å². The first-order valence-electron chi connectivity index (χ1n) is 7.25. The van der Waals surface area contributed by atoms with Crippen LogP contribution in [0.4, 0.5) is 0 Å². The zero-order valence-electron chi connectivity index (χ0n) is 12.4. The summed E-state index contributed by atoms with van der Waals surface area (Å²) in [5, 5.41) is 3.91. The summed E-state index contributed by atoms with van der Waals surface area (Å²) in [7, 11) is 1.61. The molecule has 1 aliphatic rings. The van der Waals surface area contributed by atoms with E-state index in [0.717, 1.165) is 37.3 Å². The van der Waals surface area contributed by atoms with Crippen molar-refractivity contribution in [1.29, 1.82) is 0 Å². The molecular formula is C14H19N5O2. The Kier molecular flexibility index (Phi) is 3.48. The smallest absolute Gasteiger partial charge is 0.296 e. The van der Waals surface area contributed by atoms with Gasteiger partial charge < -0.3 is 0 Å². The molecule has 0 saturated heterocycles. The molecule has 0 fully saturated rings. The van der Waals surface area contributed by atoms with E-state index in [1.807, 2.05) is 6.92 Å². The topological polar surface area (TPSA) is 74.7 Å². The molecule has 0 unspecified atom stereocenters. The Morgan fingerprint density at radius 2 is 2.10 bits per heavy atom. The predicted octanol–water partition coefficient (Wildman–Crippen LogP) is 0.0259. The SMILES string of the molecule is Cc1nc2n(c(=O)c1CCn1cnn(C)c1=O)CCCC2. The second-order valence-electron chi connectivity index (χ2n) is 5.49. The first-order valence-corrected chi connectivity index (χ1v) is 7.25. The number of hydrogen-bond donors (Lipinski definition) is 0. The van der Waals surface area contributed by atoms with Crippen molar-refractivity contribution in [3.05, 3.63) is 44.2 Å². The molecule has 0 spiro atoms. The van der Waals surface area contributed by atoms with E-state index < -0.39 is 0 Å². The zero-order chi connectivity index (χ0) is 15.0. The van der Waals surface area contributed by atoms with E-state index in [2.05, 4.69) is 10.1 Å². The largest absolute Gasteiger partial charge is 0.345 e. The molecule has 7 nitrogen and oxygen atoms in total. The second kappa shape index (κ2) is 5.31. The highest BCUT2D eigenvalue weighted by Gasteiger charge is 2.17. The summed E-state index contributed by atoms with van der Waals surface area (Å²) in [6.45, 7) is 3.07. The molecule has 0 aliphatic carbocycles. The van der Waals surface area contributed by atoms with Gasteiger partial charge in [0.25, 0.3) is 5.56 Å². The summed E-state index contributed by atoms with van der Waals surface area (Å²) < 4.78 is 4.59. The highest BCUT2D eigenvalue weighted by atomic mass is 16.2. The predicted molar refractivity (Wildman–Crippen MR) is 77.3 cm³/mol. The van der Waals surface area contributed by atoms with Gasteiger partial charge in [-0.25, -0.2) is 14.5 Å². The van der Waals surface area contributed by atoms with Crippen LogP contribution >= 0.6 is 0 Å². The van der Waals surface area contributed by atoms with Crippen molar-refractivity contribution in [1.82, 2.24) is 23.9 Å². The van der Waals surface area contributed by atoms with Crippen LogP contribution < -0.4 is 11.2 Å². The molecular weight excluding hydrogens is 270 g/mol. The minimum absolute atomic E-state index is 0.0501. The average molecular weight is 289 g/mol. The van der Waals surface area contributed by atoms with Gasteiger partial charge in [-0.3, -0.25) is 13.9 Å². The van der Waals surface area contributed by atoms with Gasteiger partial charge in [0.1, 0.15) is 12.2 Å². The highest BCUT2D eigenvalue weighted by Crippen LogP contribution is 2.12. The Morgan fingerprint density at radius 3 is 2.81 bits per heavy atom. The van der Waals surface area contributed by atoms with Crippen LogP contribution in [0, 0.1) is 6.92 Å². The third kappa shape index (κ3) is 2.43. The van der Waals surface area contributed by atoms with Gasteiger partial charge in [0.05, 0.1) is 0 Å². The zero-order valence-corrected chi connectivity index (χ0v) is 12.4. The van der Waals surface area contributed by atoms with E-state index in [-0.39, 0.29) is 11.2 Å². The van der Waals surface area contributed by atoms with Gasteiger partial charge in [0.2, 0.25) is 0 Å². The lowest BCUT2D eigenvalue weighted by atomic mass is 10.1. The van der Waals surface area contributed by atoms with Crippen molar-refractivity contribution >= 4 is 0 Å². The number of rotatable bonds is 3. The van der Waals surface area contributed by atoms with Crippen LogP contribution in [0.5, 0.6) is 0 Å². The monoisotopic (exact) mass is 289 g/mol. The van der Waals surface area contributed by atoms with Crippen LogP contribution in [0.1, 0.15) is 29.9 Å². The third-order valence-corrected chi connectivity index (χ3v) is 4.07. The number of aryl methyl sites for hydroxylation is 4. The fraction of sp³-hybridized carbons (Fsp3) is 0.571.